The predicted molar refractivity (Wildman–Crippen MR) is 29.1 cm³/mol. The Hall–Kier alpha value is 2.62. The maximum Gasteiger partial charge on any atom is 0 e. The molecule has 0 aromatic heterocycles. The molecular weight excluding hydrogens is 342 g/mol. The van der Waals surface area contributed by atoms with Crippen molar-refractivity contribution >= 4 is 65.6 Å². The van der Waals surface area contributed by atoms with Crippen LogP contribution in [0.25, 0.3) is 0 Å². The SMILES string of the molecule is [AlH3].[O]=[InH].[SnH4].[Zn]. The standard InChI is InChI=1S/Al.In.O.Sn.Zn.8H. The van der Waals surface area contributed by atoms with E-state index in [9.17, 15) is 0 Å². The second-order valence-corrected chi connectivity index (χ2v) is 0. The third-order valence-corrected chi connectivity index (χ3v) is 0. The molecule has 5 heteroatoms. The Morgan fingerprint density at radius 2 is 1.20 bits per heavy atom. The van der Waals surface area contributed by atoms with E-state index in [0.29, 0.717) is 0 Å². The van der Waals surface area contributed by atoms with Crippen LogP contribution in [-0.2, 0) is 22.3 Å². The molecule has 0 aromatic carbocycles. The molecule has 0 aliphatic rings. The van der Waals surface area contributed by atoms with Crippen LogP contribution in [-0.4, -0.2) is 65.6 Å². The summed E-state index contributed by atoms with van der Waals surface area (Å²) in [4.78, 5) is 0. The fraction of sp³-hybridized carbons (Fsp3) is 0. The van der Waals surface area contributed by atoms with E-state index in [1.165, 1.54) is 0 Å². The Bertz CT molecular complexity index is 11.6. The zero-order chi connectivity index (χ0) is 2.00. The van der Waals surface area contributed by atoms with Crippen LogP contribution in [0.15, 0.2) is 0 Å². The smallest absolute Gasteiger partial charge is 0 e. The van der Waals surface area contributed by atoms with E-state index in [1.54, 1.807) is 0 Å². The van der Waals surface area contributed by atoms with Crippen LogP contribution < -0.4 is 0 Å². The van der Waals surface area contributed by atoms with Crippen molar-refractivity contribution in [1.29, 1.82) is 0 Å². The minimum absolute atomic E-state index is 0. The average molecular weight is 350 g/mol. The van der Waals surface area contributed by atoms with Crippen LogP contribution in [0.1, 0.15) is 0 Å². The number of rotatable bonds is 0. The molecule has 0 aliphatic carbocycles. The van der Waals surface area contributed by atoms with Gasteiger partial charge in [0.2, 0.25) is 0 Å². The average Bonchev–Trinajstić information content (AvgIpc) is 1.00. The van der Waals surface area contributed by atoms with E-state index in [-0.39, 0.29) is 85.1 Å². The van der Waals surface area contributed by atoms with Gasteiger partial charge in [-0.05, 0) is 0 Å². The molecule has 0 saturated heterocycles. The van der Waals surface area contributed by atoms with Crippen molar-refractivity contribution in [2.24, 2.45) is 0 Å². The maximum atomic E-state index is 8.42. The molecule has 0 rings (SSSR count). The van der Waals surface area contributed by atoms with Crippen LogP contribution in [0.5, 0.6) is 0 Å². The van der Waals surface area contributed by atoms with E-state index in [2.05, 4.69) is 0 Å². The van der Waals surface area contributed by atoms with E-state index in [1.807, 2.05) is 0 Å². The summed E-state index contributed by atoms with van der Waals surface area (Å²) in [6.45, 7) is 0. The molecule has 26 valence electrons. The molecule has 0 bridgehead atoms. The molecule has 0 heterocycles. The zero-order valence-electron chi connectivity index (χ0n) is 1.82. The molecular formula is H8AlInOSnZn. The van der Waals surface area contributed by atoms with E-state index in [4.69, 9.17) is 2.85 Å². The van der Waals surface area contributed by atoms with Gasteiger partial charge in [-0.25, -0.2) is 0 Å². The first-order valence-corrected chi connectivity index (χ1v) is 1.94. The Morgan fingerprint density at radius 3 is 1.20 bits per heavy atom. The van der Waals surface area contributed by atoms with Gasteiger partial charge in [0.1, 0.15) is 0 Å². The summed E-state index contributed by atoms with van der Waals surface area (Å²) < 4.78 is 8.42. The molecule has 0 saturated carbocycles. The van der Waals surface area contributed by atoms with Crippen LogP contribution in [0.3, 0.4) is 0 Å². The van der Waals surface area contributed by atoms with Crippen molar-refractivity contribution in [2.45, 2.75) is 0 Å². The third kappa shape index (κ3) is 20.6. The molecule has 5 heavy (non-hydrogen) atoms. The number of hydrogen-bond donors (Lipinski definition) is 0. The van der Waals surface area contributed by atoms with Gasteiger partial charge in [0.05, 0.1) is 0 Å². The summed E-state index contributed by atoms with van der Waals surface area (Å²) in [6, 6.07) is 0. The Labute approximate surface area is 86.5 Å². The van der Waals surface area contributed by atoms with Gasteiger partial charge in [0, 0.05) is 19.5 Å². The normalized spacial score (nSPS) is 0.600. The first-order chi connectivity index (χ1) is 1.00. The molecule has 1 nitrogen and oxygen atoms in total. The van der Waals surface area contributed by atoms with Crippen LogP contribution in [0.4, 0.5) is 0 Å². The molecule has 0 N–H and O–H groups in total. The van der Waals surface area contributed by atoms with Crippen LogP contribution in [0.2, 0.25) is 0 Å². The predicted octanol–water partition coefficient (Wildman–Crippen LogP) is -3.41. The van der Waals surface area contributed by atoms with Crippen LogP contribution >= 0.6 is 0 Å². The Kier molecular flexibility index (Phi) is 155. The van der Waals surface area contributed by atoms with Crippen molar-refractivity contribution in [3.05, 3.63) is 0 Å². The summed E-state index contributed by atoms with van der Waals surface area (Å²) in [5, 5.41) is 0. The van der Waals surface area contributed by atoms with Gasteiger partial charge in [-0.15, -0.1) is 0 Å². The second-order valence-electron chi connectivity index (χ2n) is 0. The van der Waals surface area contributed by atoms with Crippen molar-refractivity contribution < 1.29 is 22.3 Å². The summed E-state index contributed by atoms with van der Waals surface area (Å²) >= 11 is -0.1000. The Balaban J connectivity index is -0.00000000167. The third-order valence-electron chi connectivity index (χ3n) is 0. The fourth-order valence-corrected chi connectivity index (χ4v) is 0. The monoisotopic (exact) mass is 350 g/mol. The van der Waals surface area contributed by atoms with Gasteiger partial charge < -0.3 is 0 Å². The summed E-state index contributed by atoms with van der Waals surface area (Å²) in [5.41, 5.74) is 0. The minimum Gasteiger partial charge on any atom is 0 e. The molecule has 0 aromatic rings. The first kappa shape index (κ1) is 25.5. The second kappa shape index (κ2) is 30.4. The molecule has 0 unspecified atom stereocenters. The van der Waals surface area contributed by atoms with Crippen molar-refractivity contribution in [3.8, 4) is 0 Å². The van der Waals surface area contributed by atoms with Crippen molar-refractivity contribution in [2.75, 3.05) is 0 Å². The maximum absolute atomic E-state index is 8.42. The van der Waals surface area contributed by atoms with E-state index < -0.39 is 0 Å². The van der Waals surface area contributed by atoms with Gasteiger partial charge in [0.15, 0.2) is 17.4 Å². The molecule has 0 radical (unpaired) electrons. The number of hydrogen-bond acceptors (Lipinski definition) is 1. The summed E-state index contributed by atoms with van der Waals surface area (Å²) in [6.07, 6.45) is 0. The molecule has 0 fully saturated rings. The molecule has 0 aliphatic heterocycles. The van der Waals surface area contributed by atoms with E-state index >= 15 is 0 Å². The fourth-order valence-electron chi connectivity index (χ4n) is 0. The Morgan fingerprint density at radius 1 is 1.20 bits per heavy atom. The minimum atomic E-state index is -0.1000. The molecule has 0 spiro atoms. The van der Waals surface area contributed by atoms with Gasteiger partial charge in [-0.3, -0.25) is 0 Å². The zero-order valence-corrected chi connectivity index (χ0v) is 8.83. The van der Waals surface area contributed by atoms with Gasteiger partial charge in [-0.1, -0.05) is 0 Å². The summed E-state index contributed by atoms with van der Waals surface area (Å²) in [5.74, 6) is 0. The summed E-state index contributed by atoms with van der Waals surface area (Å²) in [7, 11) is 0. The van der Waals surface area contributed by atoms with E-state index in [0.717, 1.165) is 0 Å². The molecule has 0 atom stereocenters. The van der Waals surface area contributed by atoms with Gasteiger partial charge in [-0.2, -0.15) is 0 Å². The molecule has 0 amide bonds. The van der Waals surface area contributed by atoms with Gasteiger partial charge >= 0.3 is 51.1 Å². The van der Waals surface area contributed by atoms with Crippen LogP contribution in [0, 0.1) is 0 Å². The first-order valence-electron chi connectivity index (χ1n) is 0.289. The quantitative estimate of drug-likeness (QED) is 0.417. The van der Waals surface area contributed by atoms with Gasteiger partial charge in [0.25, 0.3) is 0 Å². The van der Waals surface area contributed by atoms with Crippen molar-refractivity contribution in [3.63, 3.8) is 0 Å². The largest absolute Gasteiger partial charge is 0 e. The topological polar surface area (TPSA) is 17.1 Å². The van der Waals surface area contributed by atoms with Crippen molar-refractivity contribution in [1.82, 2.24) is 0 Å².